The monoisotopic (exact) mass is 352 g/mol. The maximum absolute atomic E-state index is 5.63. The highest BCUT2D eigenvalue weighted by atomic mass is 79.9. The van der Waals surface area contributed by atoms with Crippen molar-refractivity contribution in [2.24, 2.45) is 0 Å². The molecule has 2 bridgehead atoms. The Hall–Kier alpha value is -0.743. The Labute approximate surface area is 130 Å². The second-order valence-electron chi connectivity index (χ2n) is 6.65. The van der Waals surface area contributed by atoms with Gasteiger partial charge in [-0.3, -0.25) is 0 Å². The molecule has 0 amide bonds. The quantitative estimate of drug-likeness (QED) is 0.726. The van der Waals surface area contributed by atoms with Gasteiger partial charge in [0, 0.05) is 23.0 Å². The van der Waals surface area contributed by atoms with Gasteiger partial charge in [0.2, 0.25) is 0 Å². The van der Waals surface area contributed by atoms with Gasteiger partial charge in [0.25, 0.3) is 0 Å². The summed E-state index contributed by atoms with van der Waals surface area (Å²) in [6, 6.07) is 4.08. The molecule has 2 nitrogen and oxygen atoms in total. The number of allylic oxidation sites excluding steroid dienone is 2. The minimum atomic E-state index is -1.34. The lowest BCUT2D eigenvalue weighted by atomic mass is 9.94. The SMILES string of the molecule is COc1ccc(OC)c2c1[C@@H]1C[C@H]2C([Si](C)(C)C)=C1Br. The van der Waals surface area contributed by atoms with E-state index in [0.717, 1.165) is 11.5 Å². The fraction of sp³-hybridized carbons (Fsp3) is 0.500. The maximum atomic E-state index is 5.63. The van der Waals surface area contributed by atoms with E-state index < -0.39 is 8.07 Å². The number of benzene rings is 1. The Kier molecular flexibility index (Phi) is 3.29. The van der Waals surface area contributed by atoms with E-state index in [1.807, 2.05) is 12.1 Å². The summed E-state index contributed by atoms with van der Waals surface area (Å²) in [5, 5.41) is 1.65. The molecule has 2 aliphatic carbocycles. The van der Waals surface area contributed by atoms with Crippen LogP contribution >= 0.6 is 15.9 Å². The van der Waals surface area contributed by atoms with Crippen molar-refractivity contribution in [1.29, 1.82) is 0 Å². The van der Waals surface area contributed by atoms with Crippen molar-refractivity contribution in [1.82, 2.24) is 0 Å². The highest BCUT2D eigenvalue weighted by Crippen LogP contribution is 2.63. The van der Waals surface area contributed by atoms with Crippen molar-refractivity contribution in [2.45, 2.75) is 37.9 Å². The van der Waals surface area contributed by atoms with E-state index in [1.165, 1.54) is 22.0 Å². The molecule has 0 aliphatic heterocycles. The van der Waals surface area contributed by atoms with E-state index in [1.54, 1.807) is 19.4 Å². The average Bonchev–Trinajstić information content (AvgIpc) is 2.92. The molecule has 3 rings (SSSR count). The van der Waals surface area contributed by atoms with Crippen LogP contribution in [0.1, 0.15) is 29.4 Å². The fourth-order valence-corrected chi connectivity index (χ4v) is 8.54. The van der Waals surface area contributed by atoms with Crippen LogP contribution in [0.4, 0.5) is 0 Å². The van der Waals surface area contributed by atoms with Gasteiger partial charge in [-0.1, -0.05) is 40.8 Å². The van der Waals surface area contributed by atoms with Gasteiger partial charge in [0.1, 0.15) is 11.5 Å². The highest BCUT2D eigenvalue weighted by Gasteiger charge is 2.49. The summed E-state index contributed by atoms with van der Waals surface area (Å²) in [5.41, 5.74) is 2.71. The maximum Gasteiger partial charge on any atom is 0.123 e. The van der Waals surface area contributed by atoms with Crippen LogP contribution in [0.25, 0.3) is 0 Å². The van der Waals surface area contributed by atoms with Gasteiger partial charge in [0.15, 0.2) is 0 Å². The molecular formula is C16H21BrO2Si. The first-order chi connectivity index (χ1) is 9.40. The second-order valence-corrected chi connectivity index (χ2v) is 12.5. The molecule has 2 aliphatic rings. The molecule has 0 saturated heterocycles. The summed E-state index contributed by atoms with van der Waals surface area (Å²) >= 11 is 3.90. The molecule has 0 aromatic heterocycles. The second kappa shape index (κ2) is 4.63. The third-order valence-corrected chi connectivity index (χ3v) is 8.11. The number of hydrogen-bond donors (Lipinski definition) is 0. The molecule has 0 heterocycles. The van der Waals surface area contributed by atoms with E-state index in [0.29, 0.717) is 11.8 Å². The standard InChI is InChI=1S/C16H21BrO2Si/c1-18-11-6-7-12(19-2)14-10-8-9(13(11)14)15(17)16(10)20(3,4)5/h6-7,9-10H,8H2,1-5H3/t9-,10+/m0/s1. The van der Waals surface area contributed by atoms with Crippen LogP contribution in [0.3, 0.4) is 0 Å². The van der Waals surface area contributed by atoms with Gasteiger partial charge in [-0.15, -0.1) is 0 Å². The minimum Gasteiger partial charge on any atom is -0.496 e. The Morgan fingerprint density at radius 2 is 1.50 bits per heavy atom. The van der Waals surface area contributed by atoms with Gasteiger partial charge in [-0.05, 0) is 23.0 Å². The summed E-state index contributed by atoms with van der Waals surface area (Å²) in [4.78, 5) is 0. The van der Waals surface area contributed by atoms with Gasteiger partial charge < -0.3 is 9.47 Å². The lowest BCUT2D eigenvalue weighted by molar-refractivity contribution is 0.396. The normalized spacial score (nSPS) is 24.1. The van der Waals surface area contributed by atoms with Gasteiger partial charge in [0.05, 0.1) is 22.3 Å². The highest BCUT2D eigenvalue weighted by molar-refractivity contribution is 9.11. The minimum absolute atomic E-state index is 0.460. The number of fused-ring (bicyclic) bond motifs is 5. The Morgan fingerprint density at radius 3 is 1.95 bits per heavy atom. The molecule has 0 fully saturated rings. The zero-order valence-electron chi connectivity index (χ0n) is 12.7. The van der Waals surface area contributed by atoms with E-state index in [-0.39, 0.29) is 0 Å². The first-order valence-electron chi connectivity index (χ1n) is 7.05. The summed E-state index contributed by atoms with van der Waals surface area (Å²) in [6.45, 7) is 7.28. The number of hydrogen-bond acceptors (Lipinski definition) is 2. The van der Waals surface area contributed by atoms with Gasteiger partial charge in [-0.2, -0.15) is 0 Å². The van der Waals surface area contributed by atoms with Gasteiger partial charge >= 0.3 is 0 Å². The van der Waals surface area contributed by atoms with Crippen molar-refractivity contribution >= 4 is 24.0 Å². The van der Waals surface area contributed by atoms with Crippen LogP contribution in [-0.2, 0) is 0 Å². The van der Waals surface area contributed by atoms with E-state index in [2.05, 4.69) is 35.6 Å². The molecule has 2 atom stereocenters. The average molecular weight is 353 g/mol. The molecule has 1 aromatic carbocycles. The summed E-state index contributed by atoms with van der Waals surface area (Å²) in [7, 11) is 2.18. The molecular weight excluding hydrogens is 332 g/mol. The number of ether oxygens (including phenoxy) is 2. The molecule has 0 unspecified atom stereocenters. The molecule has 0 radical (unpaired) electrons. The zero-order chi connectivity index (χ0) is 14.7. The van der Waals surface area contributed by atoms with Crippen LogP contribution in [0.5, 0.6) is 11.5 Å². The van der Waals surface area contributed by atoms with Crippen molar-refractivity contribution in [3.8, 4) is 11.5 Å². The molecule has 0 saturated carbocycles. The predicted octanol–water partition coefficient (Wildman–Crippen LogP) is 4.81. The third kappa shape index (κ3) is 1.81. The van der Waals surface area contributed by atoms with Crippen molar-refractivity contribution in [2.75, 3.05) is 14.2 Å². The molecule has 0 N–H and O–H groups in total. The van der Waals surface area contributed by atoms with Crippen LogP contribution in [0.15, 0.2) is 21.8 Å². The van der Waals surface area contributed by atoms with E-state index in [4.69, 9.17) is 9.47 Å². The first-order valence-corrected chi connectivity index (χ1v) is 11.3. The Morgan fingerprint density at radius 1 is 1.00 bits per heavy atom. The van der Waals surface area contributed by atoms with Crippen LogP contribution < -0.4 is 9.47 Å². The van der Waals surface area contributed by atoms with Crippen LogP contribution in [-0.4, -0.2) is 22.3 Å². The summed E-state index contributed by atoms with van der Waals surface area (Å²) in [5.74, 6) is 2.99. The first kappa shape index (κ1) is 14.2. The molecule has 4 heteroatoms. The van der Waals surface area contributed by atoms with Crippen molar-refractivity contribution < 1.29 is 9.47 Å². The van der Waals surface area contributed by atoms with E-state index >= 15 is 0 Å². The zero-order valence-corrected chi connectivity index (χ0v) is 15.3. The largest absolute Gasteiger partial charge is 0.496 e. The van der Waals surface area contributed by atoms with E-state index in [9.17, 15) is 0 Å². The predicted molar refractivity (Wildman–Crippen MR) is 88.9 cm³/mol. The van der Waals surface area contributed by atoms with Crippen LogP contribution in [0.2, 0.25) is 19.6 Å². The summed E-state index contributed by atoms with van der Waals surface area (Å²) in [6.07, 6.45) is 1.17. The number of rotatable bonds is 3. The topological polar surface area (TPSA) is 18.5 Å². The lowest BCUT2D eigenvalue weighted by Gasteiger charge is -2.30. The number of methoxy groups -OCH3 is 2. The molecule has 0 spiro atoms. The van der Waals surface area contributed by atoms with Gasteiger partial charge in [-0.25, -0.2) is 0 Å². The number of halogens is 1. The Bertz CT molecular complexity index is 601. The Balaban J connectivity index is 2.22. The molecule has 20 heavy (non-hydrogen) atoms. The van der Waals surface area contributed by atoms with Crippen molar-refractivity contribution in [3.05, 3.63) is 32.9 Å². The molecule has 108 valence electrons. The summed E-state index contributed by atoms with van der Waals surface area (Å²) < 4.78 is 12.6. The molecule has 1 aromatic rings. The van der Waals surface area contributed by atoms with Crippen LogP contribution in [0, 0.1) is 0 Å². The fourth-order valence-electron chi connectivity index (χ4n) is 3.87. The smallest absolute Gasteiger partial charge is 0.123 e. The third-order valence-electron chi connectivity index (χ3n) is 4.54. The lowest BCUT2D eigenvalue weighted by Crippen LogP contribution is -2.28. The van der Waals surface area contributed by atoms with Crippen molar-refractivity contribution in [3.63, 3.8) is 0 Å².